The molecule has 1 aromatic carbocycles. The minimum absolute atomic E-state index is 0.0818. The molecule has 1 aliphatic carbocycles. The van der Waals surface area contributed by atoms with E-state index in [-0.39, 0.29) is 16.7 Å². The van der Waals surface area contributed by atoms with Crippen LogP contribution >= 0.6 is 0 Å². The molecule has 1 atom stereocenters. The highest BCUT2D eigenvalue weighted by atomic mass is 32.2. The first-order valence-corrected chi connectivity index (χ1v) is 10.8. The summed E-state index contributed by atoms with van der Waals surface area (Å²) in [5.74, 6) is -0.159. The van der Waals surface area contributed by atoms with Crippen LogP contribution in [0.5, 0.6) is 0 Å². The highest BCUT2D eigenvalue weighted by Gasteiger charge is 2.42. The fourth-order valence-electron chi connectivity index (χ4n) is 2.73. The number of aryl methyl sites for hydroxylation is 2. The Hall–Kier alpha value is -0.920. The zero-order chi connectivity index (χ0) is 16.7. The Morgan fingerprint density at radius 1 is 1.18 bits per heavy atom. The first-order valence-electron chi connectivity index (χ1n) is 7.31. The SMILES string of the molecule is Cc1ccc(C)c(S(=O)(=O)N(C(C)CS(C)(=O)=O)C2CC2)c1. The number of benzene rings is 1. The second kappa shape index (κ2) is 5.94. The second-order valence-electron chi connectivity index (χ2n) is 6.28. The van der Waals surface area contributed by atoms with Gasteiger partial charge in [-0.05, 0) is 50.8 Å². The zero-order valence-electron chi connectivity index (χ0n) is 13.4. The minimum Gasteiger partial charge on any atom is -0.229 e. The molecule has 0 radical (unpaired) electrons. The molecule has 1 unspecified atom stereocenters. The van der Waals surface area contributed by atoms with Crippen LogP contribution in [-0.4, -0.2) is 45.2 Å². The maximum atomic E-state index is 13.0. The van der Waals surface area contributed by atoms with Gasteiger partial charge >= 0.3 is 0 Å². The number of rotatable bonds is 6. The molecule has 0 aromatic heterocycles. The van der Waals surface area contributed by atoms with Crippen LogP contribution in [0.25, 0.3) is 0 Å². The van der Waals surface area contributed by atoms with Gasteiger partial charge in [-0.1, -0.05) is 12.1 Å². The first-order chi connectivity index (χ1) is 10.0. The lowest BCUT2D eigenvalue weighted by Crippen LogP contribution is -2.43. The molecule has 0 amide bonds. The zero-order valence-corrected chi connectivity index (χ0v) is 15.0. The summed E-state index contributed by atoms with van der Waals surface area (Å²) < 4.78 is 50.6. The van der Waals surface area contributed by atoms with Crippen molar-refractivity contribution in [2.45, 2.75) is 50.6 Å². The van der Waals surface area contributed by atoms with Gasteiger partial charge in [0.15, 0.2) is 0 Å². The van der Waals surface area contributed by atoms with Gasteiger partial charge in [0.05, 0.1) is 10.6 Å². The Morgan fingerprint density at radius 3 is 2.27 bits per heavy atom. The Morgan fingerprint density at radius 2 is 1.77 bits per heavy atom. The molecule has 0 aliphatic heterocycles. The molecular weight excluding hydrogens is 322 g/mol. The summed E-state index contributed by atoms with van der Waals surface area (Å²) in [5.41, 5.74) is 1.55. The maximum absolute atomic E-state index is 13.0. The molecular formula is C15H23NO4S2. The summed E-state index contributed by atoms with van der Waals surface area (Å²) in [6.45, 7) is 5.28. The fraction of sp³-hybridized carbons (Fsp3) is 0.600. The standard InChI is InChI=1S/C15H23NO4S2/c1-11-5-6-12(2)15(9-11)22(19,20)16(14-7-8-14)13(3)10-21(4,17)18/h5-6,9,13-14H,7-8,10H2,1-4H3. The smallest absolute Gasteiger partial charge is 0.229 e. The van der Waals surface area contributed by atoms with Gasteiger partial charge in [-0.15, -0.1) is 0 Å². The Labute approximate surface area is 133 Å². The van der Waals surface area contributed by atoms with Gasteiger partial charge in [0, 0.05) is 18.3 Å². The van der Waals surface area contributed by atoms with E-state index in [4.69, 9.17) is 0 Å². The lowest BCUT2D eigenvalue weighted by atomic mass is 10.2. The van der Waals surface area contributed by atoms with Crippen LogP contribution in [0.3, 0.4) is 0 Å². The number of sulfonamides is 1. The number of hydrogen-bond acceptors (Lipinski definition) is 4. The van der Waals surface area contributed by atoms with Gasteiger partial charge in [-0.2, -0.15) is 4.31 Å². The Kier molecular flexibility index (Phi) is 4.71. The molecule has 0 saturated heterocycles. The number of sulfone groups is 1. The average Bonchev–Trinajstić information content (AvgIpc) is 3.14. The van der Waals surface area contributed by atoms with Crippen molar-refractivity contribution in [2.75, 3.05) is 12.0 Å². The quantitative estimate of drug-likeness (QED) is 0.789. The normalized spacial score (nSPS) is 17.7. The van der Waals surface area contributed by atoms with E-state index in [0.29, 0.717) is 5.56 Å². The predicted octanol–water partition coefficient (Wildman–Crippen LogP) is 1.89. The lowest BCUT2D eigenvalue weighted by molar-refractivity contribution is 0.347. The minimum atomic E-state index is -3.69. The number of nitrogens with zero attached hydrogens (tertiary/aromatic N) is 1. The molecule has 2 rings (SSSR count). The molecule has 1 aliphatic rings. The van der Waals surface area contributed by atoms with Crippen molar-refractivity contribution < 1.29 is 16.8 Å². The van der Waals surface area contributed by atoms with Crippen molar-refractivity contribution in [2.24, 2.45) is 0 Å². The van der Waals surface area contributed by atoms with Crippen molar-refractivity contribution in [1.29, 1.82) is 0 Å². The van der Waals surface area contributed by atoms with Gasteiger partial charge < -0.3 is 0 Å². The monoisotopic (exact) mass is 345 g/mol. The van der Waals surface area contributed by atoms with Gasteiger partial charge in [0.1, 0.15) is 9.84 Å². The Balaban J connectivity index is 2.45. The summed E-state index contributed by atoms with van der Waals surface area (Å²) in [6.07, 6.45) is 2.72. The van der Waals surface area contributed by atoms with Crippen LogP contribution in [0.2, 0.25) is 0 Å². The molecule has 1 fully saturated rings. The van der Waals surface area contributed by atoms with Crippen molar-refractivity contribution in [3.05, 3.63) is 29.3 Å². The maximum Gasteiger partial charge on any atom is 0.243 e. The van der Waals surface area contributed by atoms with Crippen LogP contribution in [0.15, 0.2) is 23.1 Å². The first kappa shape index (κ1) is 17.4. The summed E-state index contributed by atoms with van der Waals surface area (Å²) in [7, 11) is -6.93. The third kappa shape index (κ3) is 3.88. The molecule has 1 saturated carbocycles. The van der Waals surface area contributed by atoms with Crippen molar-refractivity contribution in [3.8, 4) is 0 Å². The molecule has 0 N–H and O–H groups in total. The van der Waals surface area contributed by atoms with Gasteiger partial charge in [0.25, 0.3) is 0 Å². The largest absolute Gasteiger partial charge is 0.243 e. The van der Waals surface area contributed by atoms with Crippen molar-refractivity contribution >= 4 is 19.9 Å². The van der Waals surface area contributed by atoms with E-state index in [1.54, 1.807) is 26.0 Å². The molecule has 5 nitrogen and oxygen atoms in total. The van der Waals surface area contributed by atoms with Crippen LogP contribution in [0.4, 0.5) is 0 Å². The van der Waals surface area contributed by atoms with Crippen LogP contribution in [0, 0.1) is 13.8 Å². The van der Waals surface area contributed by atoms with Crippen LogP contribution in [0.1, 0.15) is 30.9 Å². The van der Waals surface area contributed by atoms with Crippen molar-refractivity contribution in [1.82, 2.24) is 4.31 Å². The third-order valence-corrected chi connectivity index (χ3v) is 7.08. The van der Waals surface area contributed by atoms with E-state index in [0.717, 1.165) is 24.7 Å². The van der Waals surface area contributed by atoms with E-state index in [1.807, 2.05) is 13.0 Å². The predicted molar refractivity (Wildman–Crippen MR) is 87.1 cm³/mol. The van der Waals surface area contributed by atoms with Gasteiger partial charge in [-0.25, -0.2) is 16.8 Å². The Bertz CT molecular complexity index is 765. The van der Waals surface area contributed by atoms with Gasteiger partial charge in [0.2, 0.25) is 10.0 Å². The van der Waals surface area contributed by atoms with E-state index in [1.165, 1.54) is 4.31 Å². The molecule has 1 aromatic rings. The van der Waals surface area contributed by atoms with E-state index in [2.05, 4.69) is 0 Å². The molecule has 0 spiro atoms. The average molecular weight is 345 g/mol. The third-order valence-electron chi connectivity index (χ3n) is 3.78. The van der Waals surface area contributed by atoms with E-state index < -0.39 is 25.9 Å². The summed E-state index contributed by atoms with van der Waals surface area (Å²) >= 11 is 0. The number of hydrogen-bond donors (Lipinski definition) is 0. The molecule has 7 heteroatoms. The van der Waals surface area contributed by atoms with Crippen LogP contribution in [-0.2, 0) is 19.9 Å². The topological polar surface area (TPSA) is 71.5 Å². The molecule has 0 bridgehead atoms. The summed E-state index contributed by atoms with van der Waals surface area (Å²) in [6, 6.07) is 4.67. The van der Waals surface area contributed by atoms with E-state index in [9.17, 15) is 16.8 Å². The fourth-order valence-corrected chi connectivity index (χ4v) is 6.05. The van der Waals surface area contributed by atoms with Crippen molar-refractivity contribution in [3.63, 3.8) is 0 Å². The highest BCUT2D eigenvalue weighted by Crippen LogP contribution is 2.35. The summed E-state index contributed by atoms with van der Waals surface area (Å²) in [5, 5.41) is 0. The molecule has 22 heavy (non-hydrogen) atoms. The lowest BCUT2D eigenvalue weighted by Gasteiger charge is -2.28. The molecule has 124 valence electrons. The van der Waals surface area contributed by atoms with E-state index >= 15 is 0 Å². The van der Waals surface area contributed by atoms with Crippen LogP contribution < -0.4 is 0 Å². The summed E-state index contributed by atoms with van der Waals surface area (Å²) in [4.78, 5) is 0.278. The molecule has 0 heterocycles. The highest BCUT2D eigenvalue weighted by molar-refractivity contribution is 7.91. The van der Waals surface area contributed by atoms with Gasteiger partial charge in [-0.3, -0.25) is 0 Å². The second-order valence-corrected chi connectivity index (χ2v) is 10.3.